The molecule has 7 nitrogen and oxygen atoms in total. The molecule has 1 N–H and O–H groups in total. The molecule has 1 aliphatic rings. The van der Waals surface area contributed by atoms with Gasteiger partial charge < -0.3 is 14.5 Å². The molecule has 2 heterocycles. The van der Waals surface area contributed by atoms with Gasteiger partial charge in [0.05, 0.1) is 17.7 Å². The van der Waals surface area contributed by atoms with Crippen molar-refractivity contribution < 1.29 is 22.4 Å². The number of benzene rings is 1. The van der Waals surface area contributed by atoms with Crippen LogP contribution in [0.4, 0.5) is 5.69 Å². The van der Waals surface area contributed by atoms with Crippen LogP contribution < -0.4 is 10.1 Å². The summed E-state index contributed by atoms with van der Waals surface area (Å²) in [5.41, 5.74) is 0.288. The lowest BCUT2D eigenvalue weighted by Crippen LogP contribution is -2.35. The van der Waals surface area contributed by atoms with Crippen molar-refractivity contribution in [3.05, 3.63) is 46.8 Å². The van der Waals surface area contributed by atoms with Crippen molar-refractivity contribution in [1.29, 1.82) is 0 Å². The first-order valence-electron chi connectivity index (χ1n) is 8.83. The van der Waals surface area contributed by atoms with Crippen molar-refractivity contribution in [3.63, 3.8) is 0 Å². The highest BCUT2D eigenvalue weighted by molar-refractivity contribution is 9.10. The number of ether oxygens (including phenoxy) is 1. The maximum Gasteiger partial charge on any atom is 0.248 e. The number of carbonyl (C=O) groups is 1. The van der Waals surface area contributed by atoms with Crippen molar-refractivity contribution >= 4 is 43.6 Å². The molecule has 0 saturated carbocycles. The van der Waals surface area contributed by atoms with Gasteiger partial charge in [0.1, 0.15) is 11.5 Å². The first kappa shape index (κ1) is 20.6. The Bertz CT molecular complexity index is 978. The van der Waals surface area contributed by atoms with Crippen LogP contribution in [-0.4, -0.2) is 38.8 Å². The molecular formula is C19H21BrN2O5S. The Morgan fingerprint density at radius 1 is 1.21 bits per heavy atom. The van der Waals surface area contributed by atoms with E-state index in [1.54, 1.807) is 18.2 Å². The second-order valence-electron chi connectivity index (χ2n) is 6.29. The monoisotopic (exact) mass is 468 g/mol. The maximum absolute atomic E-state index is 12.9. The van der Waals surface area contributed by atoms with Crippen LogP contribution in [0.15, 0.2) is 50.4 Å². The van der Waals surface area contributed by atoms with Gasteiger partial charge in [-0.1, -0.05) is 6.42 Å². The number of nitrogens with one attached hydrogen (secondary N) is 1. The molecule has 0 unspecified atom stereocenters. The highest BCUT2D eigenvalue weighted by Gasteiger charge is 2.26. The molecule has 0 bridgehead atoms. The molecule has 0 spiro atoms. The SMILES string of the molecule is COc1ccc(S(=O)(=O)N2CCCCC2)cc1NC(=O)C=Cc1ccc(Br)o1. The summed E-state index contributed by atoms with van der Waals surface area (Å²) in [6, 6.07) is 7.89. The number of hydrogen-bond donors (Lipinski definition) is 1. The topological polar surface area (TPSA) is 88.9 Å². The number of nitrogens with zero attached hydrogens (tertiary/aromatic N) is 1. The van der Waals surface area contributed by atoms with E-state index in [4.69, 9.17) is 9.15 Å². The Hall–Kier alpha value is -2.10. The molecule has 1 amide bonds. The van der Waals surface area contributed by atoms with Gasteiger partial charge in [0.2, 0.25) is 15.9 Å². The zero-order valence-corrected chi connectivity index (χ0v) is 17.8. The summed E-state index contributed by atoms with van der Waals surface area (Å²) in [5, 5.41) is 2.67. The summed E-state index contributed by atoms with van der Waals surface area (Å²) < 4.78 is 38.4. The van der Waals surface area contributed by atoms with Crippen molar-refractivity contribution in [2.24, 2.45) is 0 Å². The first-order valence-corrected chi connectivity index (χ1v) is 11.1. The van der Waals surface area contributed by atoms with Crippen LogP contribution in [0.5, 0.6) is 5.75 Å². The molecule has 1 aromatic heterocycles. The Morgan fingerprint density at radius 3 is 2.61 bits per heavy atom. The highest BCUT2D eigenvalue weighted by atomic mass is 79.9. The van der Waals surface area contributed by atoms with Crippen LogP contribution in [0.3, 0.4) is 0 Å². The van der Waals surface area contributed by atoms with E-state index in [9.17, 15) is 13.2 Å². The third-order valence-electron chi connectivity index (χ3n) is 4.37. The molecule has 0 atom stereocenters. The van der Waals surface area contributed by atoms with E-state index in [1.165, 1.54) is 35.7 Å². The molecule has 0 aliphatic carbocycles. The average molecular weight is 469 g/mol. The Morgan fingerprint density at radius 2 is 1.96 bits per heavy atom. The Kier molecular flexibility index (Phi) is 6.58. The number of anilines is 1. The van der Waals surface area contributed by atoms with Crippen LogP contribution in [0.25, 0.3) is 6.08 Å². The summed E-state index contributed by atoms with van der Waals surface area (Å²) in [6.07, 6.45) is 5.56. The quantitative estimate of drug-likeness (QED) is 0.649. The lowest BCUT2D eigenvalue weighted by Gasteiger charge is -2.26. The summed E-state index contributed by atoms with van der Waals surface area (Å²) in [7, 11) is -2.15. The molecule has 1 fully saturated rings. The summed E-state index contributed by atoms with van der Waals surface area (Å²) in [5.74, 6) is 0.453. The Balaban J connectivity index is 1.80. The predicted octanol–water partition coefficient (Wildman–Crippen LogP) is 3.88. The van der Waals surface area contributed by atoms with Gasteiger partial charge in [0.25, 0.3) is 0 Å². The molecule has 1 saturated heterocycles. The largest absolute Gasteiger partial charge is 0.495 e. The highest BCUT2D eigenvalue weighted by Crippen LogP contribution is 2.30. The third-order valence-corrected chi connectivity index (χ3v) is 6.70. The van der Waals surface area contributed by atoms with E-state index in [1.807, 2.05) is 0 Å². The van der Waals surface area contributed by atoms with Gasteiger partial charge in [-0.25, -0.2) is 8.42 Å². The van der Waals surface area contributed by atoms with Gasteiger partial charge in [-0.3, -0.25) is 4.79 Å². The minimum Gasteiger partial charge on any atom is -0.495 e. The van der Waals surface area contributed by atoms with Crippen molar-refractivity contribution in [2.45, 2.75) is 24.2 Å². The normalized spacial score (nSPS) is 15.6. The predicted molar refractivity (Wildman–Crippen MR) is 110 cm³/mol. The van der Waals surface area contributed by atoms with Crippen molar-refractivity contribution in [2.75, 3.05) is 25.5 Å². The van der Waals surface area contributed by atoms with Gasteiger partial charge in [-0.2, -0.15) is 4.31 Å². The zero-order chi connectivity index (χ0) is 20.1. The molecule has 28 heavy (non-hydrogen) atoms. The van der Waals surface area contributed by atoms with Crippen LogP contribution in [0, 0.1) is 0 Å². The molecule has 9 heteroatoms. The number of amides is 1. The zero-order valence-electron chi connectivity index (χ0n) is 15.4. The number of hydrogen-bond acceptors (Lipinski definition) is 5. The lowest BCUT2D eigenvalue weighted by molar-refractivity contribution is -0.111. The fourth-order valence-electron chi connectivity index (χ4n) is 2.95. The smallest absolute Gasteiger partial charge is 0.248 e. The number of furan rings is 1. The van der Waals surface area contributed by atoms with Crippen LogP contribution in [-0.2, 0) is 14.8 Å². The molecule has 3 rings (SSSR count). The van der Waals surface area contributed by atoms with E-state index in [-0.39, 0.29) is 10.6 Å². The average Bonchev–Trinajstić information content (AvgIpc) is 3.12. The van der Waals surface area contributed by atoms with Gasteiger partial charge in [-0.15, -0.1) is 0 Å². The van der Waals surface area contributed by atoms with E-state index in [2.05, 4.69) is 21.2 Å². The van der Waals surface area contributed by atoms with Crippen LogP contribution >= 0.6 is 15.9 Å². The molecular weight excluding hydrogens is 448 g/mol. The van der Waals surface area contributed by atoms with Crippen molar-refractivity contribution in [3.8, 4) is 5.75 Å². The second kappa shape index (κ2) is 8.93. The molecule has 2 aromatic rings. The first-order chi connectivity index (χ1) is 13.4. The van der Waals surface area contributed by atoms with E-state index < -0.39 is 15.9 Å². The van der Waals surface area contributed by atoms with Gasteiger partial charge in [-0.05, 0) is 65.2 Å². The van der Waals surface area contributed by atoms with E-state index in [0.717, 1.165) is 19.3 Å². The number of methoxy groups -OCH3 is 1. The fraction of sp³-hybridized carbons (Fsp3) is 0.316. The van der Waals surface area contributed by atoms with Crippen molar-refractivity contribution in [1.82, 2.24) is 4.31 Å². The molecule has 1 aliphatic heterocycles. The fourth-order valence-corrected chi connectivity index (χ4v) is 4.81. The number of sulfonamides is 1. The van der Waals surface area contributed by atoms with Gasteiger partial charge >= 0.3 is 0 Å². The minimum absolute atomic E-state index is 0.129. The van der Waals surface area contributed by atoms with E-state index in [0.29, 0.717) is 29.3 Å². The minimum atomic E-state index is -3.61. The van der Waals surface area contributed by atoms with E-state index >= 15 is 0 Å². The number of rotatable bonds is 6. The summed E-state index contributed by atoms with van der Waals surface area (Å²) >= 11 is 3.19. The maximum atomic E-state index is 12.9. The molecule has 150 valence electrons. The van der Waals surface area contributed by atoms with Gasteiger partial charge in [0, 0.05) is 19.2 Å². The van der Waals surface area contributed by atoms with Crippen LogP contribution in [0.1, 0.15) is 25.0 Å². The molecule has 1 aromatic carbocycles. The summed E-state index contributed by atoms with van der Waals surface area (Å²) in [4.78, 5) is 12.4. The lowest BCUT2D eigenvalue weighted by atomic mass is 10.2. The van der Waals surface area contributed by atoms with Crippen LogP contribution in [0.2, 0.25) is 0 Å². The Labute approximate surface area is 172 Å². The number of halogens is 1. The van der Waals surface area contributed by atoms with Gasteiger partial charge in [0.15, 0.2) is 4.67 Å². The number of piperidine rings is 1. The second-order valence-corrected chi connectivity index (χ2v) is 9.01. The third kappa shape index (κ3) is 4.84. The molecule has 0 radical (unpaired) electrons. The number of carbonyl (C=O) groups excluding carboxylic acids is 1. The standard InChI is InChI=1S/C19H21BrN2O5S/c1-26-17-8-7-15(28(24,25)22-11-3-2-4-12-22)13-16(17)21-19(23)10-6-14-5-9-18(20)27-14/h5-10,13H,2-4,11-12H2,1H3,(H,21,23). The summed E-state index contributed by atoms with van der Waals surface area (Å²) in [6.45, 7) is 1.02.